The average molecular weight is 442 g/mol. The zero-order valence-electron chi connectivity index (χ0n) is 16.5. The topological polar surface area (TPSA) is 9.23 Å². The summed E-state index contributed by atoms with van der Waals surface area (Å²) in [5.41, 5.74) is 1.55. The molecular formula is C23H23F5OS. The summed E-state index contributed by atoms with van der Waals surface area (Å²) >= 11 is 0. The third kappa shape index (κ3) is 5.75. The van der Waals surface area contributed by atoms with Crippen LogP contribution in [0.4, 0.5) is 19.4 Å². The number of aryl methyl sites for hydroxylation is 1. The number of benzene rings is 3. The molecule has 0 aliphatic carbocycles. The zero-order valence-corrected chi connectivity index (χ0v) is 17.3. The zero-order chi connectivity index (χ0) is 21.9. The molecule has 3 rings (SSSR count). The average Bonchev–Trinajstić information content (AvgIpc) is 2.68. The summed E-state index contributed by atoms with van der Waals surface area (Å²) in [7, 11) is -9.98. The molecule has 0 heterocycles. The molecule has 3 aromatic rings. The molecule has 162 valence electrons. The van der Waals surface area contributed by atoms with E-state index in [0.29, 0.717) is 11.6 Å². The lowest BCUT2D eigenvalue weighted by Gasteiger charge is -2.41. The van der Waals surface area contributed by atoms with Gasteiger partial charge in [0, 0.05) is 0 Å². The molecule has 0 N–H and O–H groups in total. The lowest BCUT2D eigenvalue weighted by Crippen LogP contribution is -2.08. The van der Waals surface area contributed by atoms with Gasteiger partial charge in [0.05, 0.1) is 0 Å². The van der Waals surface area contributed by atoms with Crippen molar-refractivity contribution >= 4 is 10.2 Å². The van der Waals surface area contributed by atoms with E-state index >= 15 is 0 Å². The van der Waals surface area contributed by atoms with Gasteiger partial charge in [0.2, 0.25) is 0 Å². The van der Waals surface area contributed by atoms with E-state index in [0.717, 1.165) is 37.3 Å². The van der Waals surface area contributed by atoms with E-state index < -0.39 is 20.9 Å². The Balaban J connectivity index is 1.98. The molecule has 0 amide bonds. The highest BCUT2D eigenvalue weighted by Crippen LogP contribution is 3.03. The fourth-order valence-electron chi connectivity index (χ4n) is 3.13. The Morgan fingerprint density at radius 2 is 1.37 bits per heavy atom. The van der Waals surface area contributed by atoms with Crippen molar-refractivity contribution in [2.45, 2.75) is 37.5 Å². The first-order valence-corrected chi connectivity index (χ1v) is 11.6. The number of para-hydroxylation sites is 1. The van der Waals surface area contributed by atoms with Crippen LogP contribution in [0.15, 0.2) is 77.7 Å². The second-order valence-electron chi connectivity index (χ2n) is 7.20. The second kappa shape index (κ2) is 7.61. The molecule has 0 spiro atoms. The van der Waals surface area contributed by atoms with Crippen LogP contribution in [-0.2, 0) is 6.42 Å². The van der Waals surface area contributed by atoms with E-state index in [4.69, 9.17) is 4.74 Å². The van der Waals surface area contributed by atoms with Crippen molar-refractivity contribution in [2.24, 2.45) is 0 Å². The number of ether oxygens (including phenoxy) is 1. The van der Waals surface area contributed by atoms with Gasteiger partial charge in [-0.05, 0) is 53.8 Å². The Morgan fingerprint density at radius 1 is 0.733 bits per heavy atom. The summed E-state index contributed by atoms with van der Waals surface area (Å²) in [6.07, 6.45) is 4.08. The molecule has 0 saturated heterocycles. The minimum atomic E-state index is -9.98. The lowest BCUT2D eigenvalue weighted by molar-refractivity contribution is 0.354. The van der Waals surface area contributed by atoms with E-state index in [1.165, 1.54) is 18.2 Å². The van der Waals surface area contributed by atoms with E-state index in [-0.39, 0.29) is 11.3 Å². The van der Waals surface area contributed by atoms with Gasteiger partial charge in [0.25, 0.3) is 0 Å². The highest BCUT2D eigenvalue weighted by Gasteiger charge is 2.67. The van der Waals surface area contributed by atoms with Crippen molar-refractivity contribution < 1.29 is 24.2 Å². The minimum absolute atomic E-state index is 0.0461. The molecule has 0 aliphatic heterocycles. The lowest BCUT2D eigenvalue weighted by atomic mass is 10.0. The standard InChI is InChI=1S/C23H23F5OS/c1-2-3-5-8-18-11-13-19(14-12-18)20-15-16-22(29-21-9-6-4-7-10-21)23(17-20)30(24,25,26,27)28/h4,6-7,9-17H,2-3,5,8H2,1H3. The molecule has 0 unspecified atom stereocenters. The van der Waals surface area contributed by atoms with Crippen LogP contribution in [0.1, 0.15) is 31.7 Å². The maximum Gasteiger partial charge on any atom is 0.313 e. The molecule has 0 fully saturated rings. The normalized spacial score (nSPS) is 14.1. The van der Waals surface area contributed by atoms with Gasteiger partial charge in [0.15, 0.2) is 0 Å². The molecule has 30 heavy (non-hydrogen) atoms. The van der Waals surface area contributed by atoms with E-state index in [9.17, 15) is 19.4 Å². The number of rotatable bonds is 8. The van der Waals surface area contributed by atoms with Crippen molar-refractivity contribution in [3.8, 4) is 22.6 Å². The van der Waals surface area contributed by atoms with Crippen LogP contribution in [0.2, 0.25) is 0 Å². The van der Waals surface area contributed by atoms with Crippen LogP contribution in [0.5, 0.6) is 11.5 Å². The van der Waals surface area contributed by atoms with Gasteiger partial charge in [-0.3, -0.25) is 0 Å². The molecule has 7 heteroatoms. The molecule has 0 aliphatic rings. The van der Waals surface area contributed by atoms with Gasteiger partial charge in [-0.25, -0.2) is 0 Å². The predicted molar refractivity (Wildman–Crippen MR) is 113 cm³/mol. The minimum Gasteiger partial charge on any atom is -0.456 e. The highest BCUT2D eigenvalue weighted by atomic mass is 32.5. The Morgan fingerprint density at radius 3 is 1.97 bits per heavy atom. The summed E-state index contributed by atoms with van der Waals surface area (Å²) in [5.74, 6) is -0.870. The van der Waals surface area contributed by atoms with Crippen LogP contribution in [0.25, 0.3) is 11.1 Å². The van der Waals surface area contributed by atoms with Gasteiger partial charge in [-0.1, -0.05) is 87.7 Å². The first-order valence-electron chi connectivity index (χ1n) is 9.66. The third-order valence-electron chi connectivity index (χ3n) is 4.69. The molecule has 0 saturated carbocycles. The predicted octanol–water partition coefficient (Wildman–Crippen LogP) is 9.54. The van der Waals surface area contributed by atoms with Gasteiger partial charge >= 0.3 is 10.2 Å². The summed E-state index contributed by atoms with van der Waals surface area (Å²) < 4.78 is 74.0. The SMILES string of the molecule is CCCCCc1ccc(-c2ccc(Oc3ccccc3)c(S(F)(F)(F)(F)F)c2)cc1. The van der Waals surface area contributed by atoms with E-state index in [2.05, 4.69) is 6.92 Å². The largest absolute Gasteiger partial charge is 0.456 e. The summed E-state index contributed by atoms with van der Waals surface area (Å²) in [4.78, 5) is -2.02. The van der Waals surface area contributed by atoms with Crippen LogP contribution in [-0.4, -0.2) is 0 Å². The molecule has 0 atom stereocenters. The van der Waals surface area contributed by atoms with E-state index in [1.54, 1.807) is 30.3 Å². The molecule has 0 radical (unpaired) electrons. The van der Waals surface area contributed by atoms with Crippen molar-refractivity contribution in [3.05, 3.63) is 78.4 Å². The van der Waals surface area contributed by atoms with Crippen LogP contribution >= 0.6 is 10.2 Å². The Kier molecular flexibility index (Phi) is 5.62. The first-order chi connectivity index (χ1) is 14.0. The number of halogens is 5. The van der Waals surface area contributed by atoms with Crippen LogP contribution in [0.3, 0.4) is 0 Å². The van der Waals surface area contributed by atoms with Gasteiger partial charge in [-0.15, -0.1) is 0 Å². The molecule has 0 aromatic heterocycles. The van der Waals surface area contributed by atoms with Crippen molar-refractivity contribution in [1.82, 2.24) is 0 Å². The summed E-state index contributed by atoms with van der Waals surface area (Å²) in [5, 5.41) is 0. The number of unbranched alkanes of at least 4 members (excludes halogenated alkanes) is 2. The van der Waals surface area contributed by atoms with Crippen LogP contribution in [0, 0.1) is 0 Å². The Bertz CT molecular complexity index is 1000. The van der Waals surface area contributed by atoms with Gasteiger partial charge < -0.3 is 4.74 Å². The second-order valence-corrected chi connectivity index (χ2v) is 9.58. The Hall–Kier alpha value is -2.54. The quantitative estimate of drug-likeness (QED) is 0.249. The Labute approximate surface area is 173 Å². The fourth-order valence-corrected chi connectivity index (χ4v) is 3.97. The van der Waals surface area contributed by atoms with Gasteiger partial charge in [0.1, 0.15) is 16.4 Å². The summed E-state index contributed by atoms with van der Waals surface area (Å²) in [6, 6.07) is 17.3. The third-order valence-corrected chi connectivity index (χ3v) is 5.84. The molecule has 0 bridgehead atoms. The van der Waals surface area contributed by atoms with Crippen molar-refractivity contribution in [2.75, 3.05) is 0 Å². The maximum atomic E-state index is 13.8. The molecule has 3 aromatic carbocycles. The van der Waals surface area contributed by atoms with Crippen molar-refractivity contribution in [3.63, 3.8) is 0 Å². The molecular weight excluding hydrogens is 419 g/mol. The van der Waals surface area contributed by atoms with Gasteiger partial charge in [-0.2, -0.15) is 0 Å². The highest BCUT2D eigenvalue weighted by molar-refractivity contribution is 8.45. The maximum absolute atomic E-state index is 13.8. The fraction of sp³-hybridized carbons (Fsp3) is 0.217. The smallest absolute Gasteiger partial charge is 0.313 e. The molecule has 1 nitrogen and oxygen atoms in total. The number of hydrogen-bond donors (Lipinski definition) is 0. The monoisotopic (exact) mass is 442 g/mol. The van der Waals surface area contributed by atoms with E-state index in [1.807, 2.05) is 12.1 Å². The summed E-state index contributed by atoms with van der Waals surface area (Å²) in [6.45, 7) is 2.10. The van der Waals surface area contributed by atoms with Crippen molar-refractivity contribution in [1.29, 1.82) is 0 Å². The first kappa shape index (κ1) is 22.2. The van der Waals surface area contributed by atoms with Crippen LogP contribution < -0.4 is 4.74 Å². The number of hydrogen-bond acceptors (Lipinski definition) is 1.